The zero-order valence-electron chi connectivity index (χ0n) is 9.00. The summed E-state index contributed by atoms with van der Waals surface area (Å²) in [6, 6.07) is 6.14. The maximum absolute atomic E-state index is 12.7. The van der Waals surface area contributed by atoms with Gasteiger partial charge in [0.15, 0.2) is 5.82 Å². The fourth-order valence-corrected chi connectivity index (χ4v) is 1.38. The first kappa shape index (κ1) is 10.8. The van der Waals surface area contributed by atoms with Crippen molar-refractivity contribution in [2.45, 2.75) is 6.42 Å². The van der Waals surface area contributed by atoms with Crippen LogP contribution in [0.5, 0.6) is 0 Å². The summed E-state index contributed by atoms with van der Waals surface area (Å²) in [5.74, 6) is 1.18. The molecule has 0 atom stereocenters. The Hall–Kier alpha value is -1.75. The number of hydrogen-bond donors (Lipinski definition) is 2. The Balaban J connectivity index is 2.15. The topological polar surface area (TPSA) is 53.6 Å². The van der Waals surface area contributed by atoms with Crippen LogP contribution in [0.4, 0.5) is 4.39 Å². The Bertz CT molecular complexity index is 449. The highest BCUT2D eigenvalue weighted by Gasteiger charge is 2.05. The third-order valence-electron chi connectivity index (χ3n) is 2.25. The van der Waals surface area contributed by atoms with Crippen LogP contribution in [0.3, 0.4) is 0 Å². The van der Waals surface area contributed by atoms with Crippen molar-refractivity contribution in [1.29, 1.82) is 0 Å². The molecule has 5 heteroatoms. The van der Waals surface area contributed by atoms with Crippen molar-refractivity contribution in [1.82, 2.24) is 20.5 Å². The molecule has 0 bridgehead atoms. The predicted octanol–water partition coefficient (Wildman–Crippen LogP) is 1.37. The average Bonchev–Trinajstić information content (AvgIpc) is 2.76. The van der Waals surface area contributed by atoms with E-state index in [4.69, 9.17) is 0 Å². The van der Waals surface area contributed by atoms with Gasteiger partial charge in [0.05, 0.1) is 0 Å². The van der Waals surface area contributed by atoms with Gasteiger partial charge in [-0.05, 0) is 31.3 Å². The summed E-state index contributed by atoms with van der Waals surface area (Å²) < 4.78 is 12.7. The van der Waals surface area contributed by atoms with Crippen molar-refractivity contribution in [3.8, 4) is 11.4 Å². The molecule has 0 spiro atoms. The van der Waals surface area contributed by atoms with Gasteiger partial charge >= 0.3 is 0 Å². The fraction of sp³-hybridized carbons (Fsp3) is 0.273. The summed E-state index contributed by atoms with van der Waals surface area (Å²) in [6.07, 6.45) is 0.796. The fourth-order valence-electron chi connectivity index (χ4n) is 1.38. The number of nitrogens with zero attached hydrogens (tertiary/aromatic N) is 2. The highest BCUT2D eigenvalue weighted by Crippen LogP contribution is 2.14. The van der Waals surface area contributed by atoms with Gasteiger partial charge < -0.3 is 5.32 Å². The quantitative estimate of drug-likeness (QED) is 0.818. The summed E-state index contributed by atoms with van der Waals surface area (Å²) in [7, 11) is 1.89. The summed E-state index contributed by atoms with van der Waals surface area (Å²) >= 11 is 0. The first-order valence-electron chi connectivity index (χ1n) is 5.11. The van der Waals surface area contributed by atoms with E-state index in [1.165, 1.54) is 12.1 Å². The van der Waals surface area contributed by atoms with Crippen LogP contribution in [0.1, 0.15) is 5.82 Å². The molecule has 1 aromatic heterocycles. The lowest BCUT2D eigenvalue weighted by Gasteiger charge is -1.94. The van der Waals surface area contributed by atoms with Crippen molar-refractivity contribution >= 4 is 0 Å². The van der Waals surface area contributed by atoms with Gasteiger partial charge in [-0.3, -0.25) is 5.10 Å². The maximum Gasteiger partial charge on any atom is 0.181 e. The third-order valence-corrected chi connectivity index (χ3v) is 2.25. The molecule has 0 fully saturated rings. The lowest BCUT2D eigenvalue weighted by molar-refractivity contribution is 0.628. The van der Waals surface area contributed by atoms with E-state index in [0.29, 0.717) is 5.82 Å². The van der Waals surface area contributed by atoms with Crippen molar-refractivity contribution < 1.29 is 4.39 Å². The van der Waals surface area contributed by atoms with E-state index in [1.807, 2.05) is 7.05 Å². The minimum Gasteiger partial charge on any atom is -0.319 e. The van der Waals surface area contributed by atoms with E-state index in [9.17, 15) is 4.39 Å². The van der Waals surface area contributed by atoms with Crippen LogP contribution >= 0.6 is 0 Å². The number of hydrogen-bond acceptors (Lipinski definition) is 3. The molecule has 84 valence electrons. The Morgan fingerprint density at radius 2 is 2.06 bits per heavy atom. The van der Waals surface area contributed by atoms with Crippen LogP contribution in [-0.2, 0) is 6.42 Å². The molecule has 0 radical (unpaired) electrons. The van der Waals surface area contributed by atoms with Crippen LogP contribution in [0.25, 0.3) is 11.4 Å². The lowest BCUT2D eigenvalue weighted by atomic mass is 10.2. The monoisotopic (exact) mass is 220 g/mol. The van der Waals surface area contributed by atoms with E-state index in [0.717, 1.165) is 24.4 Å². The van der Waals surface area contributed by atoms with E-state index >= 15 is 0 Å². The molecule has 0 aliphatic carbocycles. The van der Waals surface area contributed by atoms with Gasteiger partial charge in [-0.15, -0.1) is 0 Å². The molecule has 16 heavy (non-hydrogen) atoms. The molecule has 0 aliphatic rings. The predicted molar refractivity (Wildman–Crippen MR) is 59.4 cm³/mol. The minimum absolute atomic E-state index is 0.255. The number of rotatable bonds is 4. The van der Waals surface area contributed by atoms with Gasteiger partial charge in [0.25, 0.3) is 0 Å². The van der Waals surface area contributed by atoms with Crippen LogP contribution < -0.4 is 5.32 Å². The molecule has 1 aromatic carbocycles. The maximum atomic E-state index is 12.7. The second-order valence-electron chi connectivity index (χ2n) is 3.47. The Morgan fingerprint density at radius 3 is 2.75 bits per heavy atom. The smallest absolute Gasteiger partial charge is 0.181 e. The molecule has 0 unspecified atom stereocenters. The molecule has 1 heterocycles. The summed E-state index contributed by atoms with van der Waals surface area (Å²) in [4.78, 5) is 4.32. The summed E-state index contributed by atoms with van der Waals surface area (Å²) in [6.45, 7) is 0.845. The SMILES string of the molecule is CNCCc1nc(-c2ccc(F)cc2)n[nH]1. The average molecular weight is 220 g/mol. The Morgan fingerprint density at radius 1 is 1.31 bits per heavy atom. The largest absolute Gasteiger partial charge is 0.319 e. The second kappa shape index (κ2) is 4.85. The van der Waals surface area contributed by atoms with E-state index in [-0.39, 0.29) is 5.82 Å². The molecule has 4 nitrogen and oxygen atoms in total. The van der Waals surface area contributed by atoms with Crippen molar-refractivity contribution in [2.75, 3.05) is 13.6 Å². The third kappa shape index (κ3) is 2.43. The highest BCUT2D eigenvalue weighted by molar-refractivity contribution is 5.53. The normalized spacial score (nSPS) is 10.6. The van der Waals surface area contributed by atoms with E-state index in [1.54, 1.807) is 12.1 Å². The molecule has 0 aliphatic heterocycles. The lowest BCUT2D eigenvalue weighted by Crippen LogP contribution is -2.11. The first-order chi connectivity index (χ1) is 7.79. The molecular weight excluding hydrogens is 207 g/mol. The number of aromatic amines is 1. The van der Waals surface area contributed by atoms with Gasteiger partial charge in [0.2, 0.25) is 0 Å². The van der Waals surface area contributed by atoms with Gasteiger partial charge in [-0.25, -0.2) is 9.37 Å². The van der Waals surface area contributed by atoms with Gasteiger partial charge in [0.1, 0.15) is 11.6 Å². The van der Waals surface area contributed by atoms with Crippen LogP contribution in [0.2, 0.25) is 0 Å². The van der Waals surface area contributed by atoms with Crippen LogP contribution in [0.15, 0.2) is 24.3 Å². The highest BCUT2D eigenvalue weighted by atomic mass is 19.1. The Labute approximate surface area is 92.9 Å². The molecular formula is C11H13FN4. The van der Waals surface area contributed by atoms with Gasteiger partial charge in [0, 0.05) is 18.5 Å². The summed E-state index contributed by atoms with van der Waals surface area (Å²) in [5, 5.41) is 9.98. The minimum atomic E-state index is -0.255. The molecule has 2 aromatic rings. The van der Waals surface area contributed by atoms with Gasteiger partial charge in [-0.2, -0.15) is 5.10 Å². The van der Waals surface area contributed by atoms with Crippen molar-refractivity contribution in [3.63, 3.8) is 0 Å². The number of likely N-dealkylation sites (N-methyl/N-ethyl adjacent to an activating group) is 1. The number of H-pyrrole nitrogens is 1. The Kier molecular flexibility index (Phi) is 3.26. The molecule has 0 saturated heterocycles. The number of benzene rings is 1. The second-order valence-corrected chi connectivity index (χ2v) is 3.47. The van der Waals surface area contributed by atoms with Crippen LogP contribution in [0, 0.1) is 5.82 Å². The number of nitrogens with one attached hydrogen (secondary N) is 2. The van der Waals surface area contributed by atoms with Gasteiger partial charge in [-0.1, -0.05) is 0 Å². The number of aromatic nitrogens is 3. The molecule has 2 N–H and O–H groups in total. The molecule has 2 rings (SSSR count). The number of halogens is 1. The van der Waals surface area contributed by atoms with Crippen molar-refractivity contribution in [2.24, 2.45) is 0 Å². The first-order valence-corrected chi connectivity index (χ1v) is 5.11. The zero-order valence-corrected chi connectivity index (χ0v) is 9.00. The molecule has 0 saturated carbocycles. The zero-order chi connectivity index (χ0) is 11.4. The van der Waals surface area contributed by atoms with Crippen molar-refractivity contribution in [3.05, 3.63) is 35.9 Å². The van der Waals surface area contributed by atoms with E-state index in [2.05, 4.69) is 20.5 Å². The van der Waals surface area contributed by atoms with E-state index < -0.39 is 0 Å². The molecule has 0 amide bonds. The van der Waals surface area contributed by atoms with Crippen LogP contribution in [-0.4, -0.2) is 28.8 Å². The summed E-state index contributed by atoms with van der Waals surface area (Å²) in [5.41, 5.74) is 0.813. The standard InChI is InChI=1S/C11H13FN4/c1-13-7-6-10-14-11(16-15-10)8-2-4-9(12)5-3-8/h2-5,13H,6-7H2,1H3,(H,14,15,16).